The molecule has 0 aromatic carbocycles. The van der Waals surface area contributed by atoms with Crippen LogP contribution in [0.15, 0.2) is 6.20 Å². The summed E-state index contributed by atoms with van der Waals surface area (Å²) >= 11 is 0. The first-order chi connectivity index (χ1) is 8.99. The minimum absolute atomic E-state index is 0.157. The van der Waals surface area contributed by atoms with Crippen molar-refractivity contribution < 1.29 is 5.11 Å². The largest absolute Gasteiger partial charge is 0.392 e. The molecule has 0 spiro atoms. The molecule has 0 aliphatic heterocycles. The highest BCUT2D eigenvalue weighted by molar-refractivity contribution is 5.19. The van der Waals surface area contributed by atoms with Crippen LogP contribution in [-0.2, 0) is 0 Å². The third kappa shape index (κ3) is 4.55. The summed E-state index contributed by atoms with van der Waals surface area (Å²) in [5.41, 5.74) is 2.10. The van der Waals surface area contributed by atoms with Gasteiger partial charge in [-0.2, -0.15) is 0 Å². The summed E-state index contributed by atoms with van der Waals surface area (Å²) in [4.78, 5) is 8.62. The van der Waals surface area contributed by atoms with E-state index in [1.54, 1.807) is 0 Å². The van der Waals surface area contributed by atoms with Crippen LogP contribution in [0.1, 0.15) is 56.7 Å². The number of nitrogens with zero attached hydrogens (tertiary/aromatic N) is 2. The van der Waals surface area contributed by atoms with Crippen molar-refractivity contribution in [3.05, 3.63) is 23.3 Å². The van der Waals surface area contributed by atoms with E-state index in [-0.39, 0.29) is 12.1 Å². The van der Waals surface area contributed by atoms with E-state index < -0.39 is 0 Å². The Morgan fingerprint density at radius 3 is 2.42 bits per heavy atom. The summed E-state index contributed by atoms with van der Waals surface area (Å²) in [6.07, 6.45) is 3.61. The Bertz CT molecular complexity index is 391. The summed E-state index contributed by atoms with van der Waals surface area (Å²) in [6, 6.07) is 0.157. The molecule has 1 rings (SSSR count). The van der Waals surface area contributed by atoms with Crippen molar-refractivity contribution in [3.8, 4) is 0 Å². The molecular weight excluding hydrogens is 238 g/mol. The molecule has 19 heavy (non-hydrogen) atoms. The van der Waals surface area contributed by atoms with E-state index in [2.05, 4.69) is 36.1 Å². The molecule has 0 radical (unpaired) electrons. The van der Waals surface area contributed by atoms with Gasteiger partial charge in [-0.3, -0.25) is 0 Å². The molecule has 1 aromatic rings. The normalized spacial score (nSPS) is 14.7. The van der Waals surface area contributed by atoms with Gasteiger partial charge in [0.05, 0.1) is 6.10 Å². The van der Waals surface area contributed by atoms with Crippen LogP contribution in [0.5, 0.6) is 0 Å². The van der Waals surface area contributed by atoms with Crippen molar-refractivity contribution in [1.29, 1.82) is 0 Å². The molecule has 0 amide bonds. The van der Waals surface area contributed by atoms with Gasteiger partial charge in [0.2, 0.25) is 0 Å². The van der Waals surface area contributed by atoms with Gasteiger partial charge >= 0.3 is 0 Å². The highest BCUT2D eigenvalue weighted by Gasteiger charge is 2.17. The molecule has 108 valence electrons. The standard InChI is InChI=1S/C15H27N3O/c1-6-13(7-2)15(19)9-16-10(3)14-8-17-12(5)18-11(14)4/h8,10,13,15-16,19H,6-7,9H2,1-5H3. The van der Waals surface area contributed by atoms with Gasteiger partial charge < -0.3 is 10.4 Å². The molecule has 0 aliphatic carbocycles. The topological polar surface area (TPSA) is 58.0 Å². The van der Waals surface area contributed by atoms with Crippen molar-refractivity contribution in [1.82, 2.24) is 15.3 Å². The average Bonchev–Trinajstić information content (AvgIpc) is 2.37. The second kappa shape index (κ2) is 7.56. The van der Waals surface area contributed by atoms with E-state index in [0.29, 0.717) is 12.5 Å². The van der Waals surface area contributed by atoms with E-state index in [1.807, 2.05) is 20.0 Å². The highest BCUT2D eigenvalue weighted by Crippen LogP contribution is 2.16. The monoisotopic (exact) mass is 265 g/mol. The smallest absolute Gasteiger partial charge is 0.125 e. The number of aliphatic hydroxyl groups is 1. The van der Waals surface area contributed by atoms with Crippen molar-refractivity contribution in [2.75, 3.05) is 6.54 Å². The minimum atomic E-state index is -0.288. The van der Waals surface area contributed by atoms with Gasteiger partial charge in [0, 0.05) is 30.0 Å². The maximum Gasteiger partial charge on any atom is 0.125 e. The van der Waals surface area contributed by atoms with Crippen LogP contribution in [0.3, 0.4) is 0 Å². The van der Waals surface area contributed by atoms with Gasteiger partial charge in [-0.25, -0.2) is 9.97 Å². The fourth-order valence-corrected chi connectivity index (χ4v) is 2.42. The molecule has 2 atom stereocenters. The van der Waals surface area contributed by atoms with E-state index in [0.717, 1.165) is 29.9 Å². The Morgan fingerprint density at radius 1 is 1.26 bits per heavy atom. The number of aryl methyl sites for hydroxylation is 2. The molecule has 2 unspecified atom stereocenters. The van der Waals surface area contributed by atoms with Gasteiger partial charge in [0.15, 0.2) is 0 Å². The lowest BCUT2D eigenvalue weighted by atomic mass is 9.96. The Labute approximate surface area is 116 Å². The maximum atomic E-state index is 10.1. The van der Waals surface area contributed by atoms with Crippen LogP contribution in [0.4, 0.5) is 0 Å². The first-order valence-electron chi connectivity index (χ1n) is 7.21. The summed E-state index contributed by atoms with van der Waals surface area (Å²) in [7, 11) is 0. The van der Waals surface area contributed by atoms with E-state index >= 15 is 0 Å². The summed E-state index contributed by atoms with van der Waals surface area (Å²) in [6.45, 7) is 10.8. The zero-order valence-corrected chi connectivity index (χ0v) is 12.8. The Hall–Kier alpha value is -1.00. The SMILES string of the molecule is CCC(CC)C(O)CNC(C)c1cnc(C)nc1C. The molecule has 0 fully saturated rings. The van der Waals surface area contributed by atoms with Crippen LogP contribution in [-0.4, -0.2) is 27.7 Å². The van der Waals surface area contributed by atoms with Gasteiger partial charge in [0.1, 0.15) is 5.82 Å². The molecular formula is C15H27N3O. The summed E-state index contributed by atoms with van der Waals surface area (Å²) < 4.78 is 0. The van der Waals surface area contributed by atoms with Crippen molar-refractivity contribution in [3.63, 3.8) is 0 Å². The number of rotatable bonds is 7. The molecule has 1 aromatic heterocycles. The predicted molar refractivity (Wildman–Crippen MR) is 78.0 cm³/mol. The number of aliphatic hydroxyl groups excluding tert-OH is 1. The molecule has 4 heteroatoms. The van der Waals surface area contributed by atoms with Gasteiger partial charge in [-0.15, -0.1) is 0 Å². The fraction of sp³-hybridized carbons (Fsp3) is 0.733. The van der Waals surface area contributed by atoms with Crippen molar-refractivity contribution in [2.24, 2.45) is 5.92 Å². The molecule has 0 bridgehead atoms. The first-order valence-corrected chi connectivity index (χ1v) is 7.21. The van der Waals surface area contributed by atoms with Crippen LogP contribution >= 0.6 is 0 Å². The van der Waals surface area contributed by atoms with Crippen molar-refractivity contribution >= 4 is 0 Å². The summed E-state index contributed by atoms with van der Waals surface area (Å²) in [5.74, 6) is 1.17. The second-order valence-electron chi connectivity index (χ2n) is 5.23. The number of aromatic nitrogens is 2. The Morgan fingerprint density at radius 2 is 1.89 bits per heavy atom. The zero-order chi connectivity index (χ0) is 14.4. The van der Waals surface area contributed by atoms with E-state index in [1.165, 1.54) is 0 Å². The number of hydrogen-bond acceptors (Lipinski definition) is 4. The summed E-state index contributed by atoms with van der Waals surface area (Å²) in [5, 5.41) is 13.5. The number of nitrogens with one attached hydrogen (secondary N) is 1. The lowest BCUT2D eigenvalue weighted by Crippen LogP contribution is -2.34. The Balaban J connectivity index is 2.57. The zero-order valence-electron chi connectivity index (χ0n) is 12.8. The third-order valence-electron chi connectivity index (χ3n) is 3.83. The highest BCUT2D eigenvalue weighted by atomic mass is 16.3. The quantitative estimate of drug-likeness (QED) is 0.795. The maximum absolute atomic E-state index is 10.1. The molecule has 4 nitrogen and oxygen atoms in total. The van der Waals surface area contributed by atoms with Crippen molar-refractivity contribution in [2.45, 2.75) is 59.6 Å². The van der Waals surface area contributed by atoms with Crippen LogP contribution in [0.25, 0.3) is 0 Å². The first kappa shape index (κ1) is 16.1. The molecule has 2 N–H and O–H groups in total. The van der Waals surface area contributed by atoms with Crippen LogP contribution < -0.4 is 5.32 Å². The molecule has 0 saturated carbocycles. The molecule has 0 aliphatic rings. The fourth-order valence-electron chi connectivity index (χ4n) is 2.42. The third-order valence-corrected chi connectivity index (χ3v) is 3.83. The van der Waals surface area contributed by atoms with Gasteiger partial charge in [0.25, 0.3) is 0 Å². The second-order valence-corrected chi connectivity index (χ2v) is 5.23. The lowest BCUT2D eigenvalue weighted by Gasteiger charge is -2.23. The number of hydrogen-bond donors (Lipinski definition) is 2. The van der Waals surface area contributed by atoms with Crippen LogP contribution in [0.2, 0.25) is 0 Å². The van der Waals surface area contributed by atoms with Crippen LogP contribution in [0, 0.1) is 19.8 Å². The Kier molecular flexibility index (Phi) is 6.38. The predicted octanol–water partition coefficient (Wildman–Crippen LogP) is 2.54. The average molecular weight is 265 g/mol. The van der Waals surface area contributed by atoms with E-state index in [9.17, 15) is 5.11 Å². The molecule has 1 heterocycles. The van der Waals surface area contributed by atoms with Gasteiger partial charge in [-0.05, 0) is 26.7 Å². The van der Waals surface area contributed by atoms with Gasteiger partial charge in [-0.1, -0.05) is 26.7 Å². The lowest BCUT2D eigenvalue weighted by molar-refractivity contribution is 0.0988. The van der Waals surface area contributed by atoms with E-state index in [4.69, 9.17) is 0 Å². The minimum Gasteiger partial charge on any atom is -0.392 e. The molecule has 0 saturated heterocycles.